The molecule has 4 heteroatoms. The first-order chi connectivity index (χ1) is 9.16. The summed E-state index contributed by atoms with van der Waals surface area (Å²) in [6.07, 6.45) is 2.45. The molecule has 0 radical (unpaired) electrons. The molecule has 0 unspecified atom stereocenters. The predicted octanol–water partition coefficient (Wildman–Crippen LogP) is 2.97. The number of hydrogen-bond donors (Lipinski definition) is 1. The molecule has 1 saturated heterocycles. The van der Waals surface area contributed by atoms with Crippen LogP contribution < -0.4 is 5.32 Å². The fourth-order valence-electron chi connectivity index (χ4n) is 2.23. The smallest absolute Gasteiger partial charge is 0.219 e. The van der Waals surface area contributed by atoms with Crippen molar-refractivity contribution < 1.29 is 4.79 Å². The number of nitrogens with zero attached hydrogens (tertiary/aromatic N) is 1. The van der Waals surface area contributed by atoms with Crippen molar-refractivity contribution in [2.24, 2.45) is 0 Å². The number of thioether (sulfide) groups is 1. The third-order valence-corrected chi connectivity index (χ3v) is 4.59. The van der Waals surface area contributed by atoms with E-state index in [0.29, 0.717) is 12.6 Å². The maximum atomic E-state index is 11.4. The van der Waals surface area contributed by atoms with Crippen LogP contribution in [-0.2, 0) is 11.3 Å². The topological polar surface area (TPSA) is 32.3 Å². The lowest BCUT2D eigenvalue weighted by Gasteiger charge is -2.26. The fourth-order valence-corrected chi connectivity index (χ4v) is 3.33. The van der Waals surface area contributed by atoms with E-state index in [1.807, 2.05) is 24.9 Å². The second kappa shape index (κ2) is 6.85. The monoisotopic (exact) mass is 278 g/mol. The summed E-state index contributed by atoms with van der Waals surface area (Å²) in [5.74, 6) is 2.59. The molecule has 2 rings (SSSR count). The fraction of sp³-hybridized carbons (Fsp3) is 0.533. The highest BCUT2D eigenvalue weighted by molar-refractivity contribution is 7.99. The van der Waals surface area contributed by atoms with E-state index in [2.05, 4.69) is 23.5 Å². The molecule has 0 aliphatic carbocycles. The van der Waals surface area contributed by atoms with Crippen LogP contribution in [-0.4, -0.2) is 35.4 Å². The molecule has 1 fully saturated rings. The van der Waals surface area contributed by atoms with E-state index in [-0.39, 0.29) is 5.91 Å². The Morgan fingerprint density at radius 1 is 1.37 bits per heavy atom. The molecule has 1 heterocycles. The van der Waals surface area contributed by atoms with Crippen LogP contribution in [0.4, 0.5) is 5.69 Å². The third-order valence-electron chi connectivity index (χ3n) is 3.54. The van der Waals surface area contributed by atoms with E-state index in [4.69, 9.17) is 0 Å². The van der Waals surface area contributed by atoms with Crippen molar-refractivity contribution in [3.8, 4) is 0 Å². The van der Waals surface area contributed by atoms with Gasteiger partial charge in [-0.2, -0.15) is 11.8 Å². The molecule has 1 amide bonds. The first kappa shape index (κ1) is 14.3. The summed E-state index contributed by atoms with van der Waals surface area (Å²) in [4.78, 5) is 13.1. The summed E-state index contributed by atoms with van der Waals surface area (Å²) in [5.41, 5.74) is 2.37. The molecular formula is C15H22N2OS. The molecule has 3 nitrogen and oxygen atoms in total. The highest BCUT2D eigenvalue weighted by Crippen LogP contribution is 2.23. The third kappa shape index (κ3) is 4.16. The molecule has 19 heavy (non-hydrogen) atoms. The Balaban J connectivity index is 2.04. The second-order valence-electron chi connectivity index (χ2n) is 5.06. The zero-order chi connectivity index (χ0) is 13.7. The van der Waals surface area contributed by atoms with Crippen molar-refractivity contribution in [1.82, 2.24) is 4.90 Å². The number of amides is 1. The van der Waals surface area contributed by atoms with Gasteiger partial charge in [-0.1, -0.05) is 18.2 Å². The Morgan fingerprint density at radius 2 is 2.05 bits per heavy atom. The number of rotatable bonds is 4. The second-order valence-corrected chi connectivity index (χ2v) is 6.29. The average Bonchev–Trinajstić information content (AvgIpc) is 2.42. The Hall–Kier alpha value is -1.16. The molecule has 0 aromatic heterocycles. The SMILES string of the molecule is CC(=O)N(C)Cc1ccccc1NC1CCSCC1. The minimum atomic E-state index is 0.101. The predicted molar refractivity (Wildman–Crippen MR) is 82.6 cm³/mol. The van der Waals surface area contributed by atoms with E-state index in [1.165, 1.54) is 35.6 Å². The van der Waals surface area contributed by atoms with Gasteiger partial charge in [-0.25, -0.2) is 0 Å². The zero-order valence-corrected chi connectivity index (χ0v) is 12.5. The number of anilines is 1. The van der Waals surface area contributed by atoms with E-state index in [9.17, 15) is 4.79 Å². The van der Waals surface area contributed by atoms with Crippen molar-refractivity contribution in [2.75, 3.05) is 23.9 Å². The van der Waals surface area contributed by atoms with E-state index in [1.54, 1.807) is 11.8 Å². The summed E-state index contributed by atoms with van der Waals surface area (Å²) in [6, 6.07) is 8.87. The summed E-state index contributed by atoms with van der Waals surface area (Å²) in [6.45, 7) is 2.27. The summed E-state index contributed by atoms with van der Waals surface area (Å²) in [5, 5.41) is 3.64. The number of para-hydroxylation sites is 1. The molecule has 0 spiro atoms. The number of hydrogen-bond acceptors (Lipinski definition) is 3. The molecule has 1 aromatic carbocycles. The van der Waals surface area contributed by atoms with Crippen LogP contribution in [0.2, 0.25) is 0 Å². The van der Waals surface area contributed by atoms with Gasteiger partial charge in [0.2, 0.25) is 5.91 Å². The standard InChI is InChI=1S/C15H22N2OS/c1-12(18)17(2)11-13-5-3-4-6-15(13)16-14-7-9-19-10-8-14/h3-6,14,16H,7-11H2,1-2H3. The minimum absolute atomic E-state index is 0.101. The van der Waals surface area contributed by atoms with Crippen LogP contribution in [0, 0.1) is 0 Å². The molecule has 104 valence electrons. The van der Waals surface area contributed by atoms with Gasteiger partial charge in [-0.15, -0.1) is 0 Å². The van der Waals surface area contributed by atoms with Gasteiger partial charge in [0, 0.05) is 32.2 Å². The molecule has 1 aliphatic rings. The number of carbonyl (C=O) groups is 1. The average molecular weight is 278 g/mol. The van der Waals surface area contributed by atoms with Crippen LogP contribution in [0.15, 0.2) is 24.3 Å². The van der Waals surface area contributed by atoms with Crippen molar-refractivity contribution >= 4 is 23.4 Å². The van der Waals surface area contributed by atoms with Gasteiger partial charge in [0.15, 0.2) is 0 Å². The van der Waals surface area contributed by atoms with E-state index < -0.39 is 0 Å². The maximum Gasteiger partial charge on any atom is 0.219 e. The quantitative estimate of drug-likeness (QED) is 0.919. The molecule has 1 aliphatic heterocycles. The van der Waals surface area contributed by atoms with E-state index in [0.717, 1.165) is 0 Å². The lowest BCUT2D eigenvalue weighted by Crippen LogP contribution is -2.27. The van der Waals surface area contributed by atoms with Gasteiger partial charge in [-0.3, -0.25) is 4.79 Å². The minimum Gasteiger partial charge on any atom is -0.382 e. The van der Waals surface area contributed by atoms with Gasteiger partial charge in [0.05, 0.1) is 0 Å². The van der Waals surface area contributed by atoms with Crippen LogP contribution >= 0.6 is 11.8 Å². The van der Waals surface area contributed by atoms with Gasteiger partial charge in [0.25, 0.3) is 0 Å². The largest absolute Gasteiger partial charge is 0.382 e. The molecule has 1 aromatic rings. The maximum absolute atomic E-state index is 11.4. The van der Waals surface area contributed by atoms with Crippen LogP contribution in [0.3, 0.4) is 0 Å². The highest BCUT2D eigenvalue weighted by atomic mass is 32.2. The van der Waals surface area contributed by atoms with Crippen molar-refractivity contribution in [2.45, 2.75) is 32.4 Å². The van der Waals surface area contributed by atoms with Gasteiger partial charge >= 0.3 is 0 Å². The first-order valence-electron chi connectivity index (χ1n) is 6.80. The van der Waals surface area contributed by atoms with Crippen LogP contribution in [0.5, 0.6) is 0 Å². The summed E-state index contributed by atoms with van der Waals surface area (Å²) >= 11 is 2.04. The first-order valence-corrected chi connectivity index (χ1v) is 7.96. The zero-order valence-electron chi connectivity index (χ0n) is 11.7. The van der Waals surface area contributed by atoms with Gasteiger partial charge in [-0.05, 0) is 36.0 Å². The van der Waals surface area contributed by atoms with Crippen molar-refractivity contribution in [3.63, 3.8) is 0 Å². The molecule has 0 atom stereocenters. The van der Waals surface area contributed by atoms with Crippen molar-refractivity contribution in [3.05, 3.63) is 29.8 Å². The lowest BCUT2D eigenvalue weighted by atomic mass is 10.1. The van der Waals surface area contributed by atoms with Crippen LogP contribution in [0.25, 0.3) is 0 Å². The summed E-state index contributed by atoms with van der Waals surface area (Å²) in [7, 11) is 1.84. The van der Waals surface area contributed by atoms with Crippen molar-refractivity contribution in [1.29, 1.82) is 0 Å². The highest BCUT2D eigenvalue weighted by Gasteiger charge is 2.15. The number of benzene rings is 1. The Kier molecular flexibility index (Phi) is 5.14. The number of carbonyl (C=O) groups excluding carboxylic acids is 1. The van der Waals surface area contributed by atoms with Gasteiger partial charge in [0.1, 0.15) is 0 Å². The Morgan fingerprint density at radius 3 is 2.74 bits per heavy atom. The number of nitrogens with one attached hydrogen (secondary N) is 1. The molecule has 0 bridgehead atoms. The molecule has 1 N–H and O–H groups in total. The Labute approximate surface area is 119 Å². The molecular weight excluding hydrogens is 256 g/mol. The van der Waals surface area contributed by atoms with Gasteiger partial charge < -0.3 is 10.2 Å². The Bertz CT molecular complexity index is 430. The molecule has 0 saturated carbocycles. The van der Waals surface area contributed by atoms with E-state index >= 15 is 0 Å². The lowest BCUT2D eigenvalue weighted by molar-refractivity contribution is -0.128. The summed E-state index contributed by atoms with van der Waals surface area (Å²) < 4.78 is 0. The normalized spacial score (nSPS) is 16.1. The van der Waals surface area contributed by atoms with Crippen LogP contribution in [0.1, 0.15) is 25.3 Å².